The molecule has 0 aromatic heterocycles. The zero-order valence-corrected chi connectivity index (χ0v) is 18.3. The number of rotatable bonds is 6. The molecule has 2 unspecified atom stereocenters. The van der Waals surface area contributed by atoms with Crippen LogP contribution < -0.4 is 5.32 Å². The third kappa shape index (κ3) is 9.34. The molecule has 170 valence electrons. The van der Waals surface area contributed by atoms with Crippen molar-refractivity contribution in [3.63, 3.8) is 0 Å². The number of esters is 1. The Balaban J connectivity index is 2.05. The van der Waals surface area contributed by atoms with Crippen molar-refractivity contribution in [2.24, 2.45) is 5.92 Å². The number of carbonyl (C=O) groups is 3. The van der Waals surface area contributed by atoms with Gasteiger partial charge in [0.15, 0.2) is 0 Å². The molecule has 2 N–H and O–H groups in total. The number of hydrogen-bond donors (Lipinski definition) is 2. The van der Waals surface area contributed by atoms with Crippen molar-refractivity contribution in [1.29, 1.82) is 0 Å². The Morgan fingerprint density at radius 1 is 1.19 bits per heavy atom. The maximum Gasteiger partial charge on any atom is 0.306 e. The Morgan fingerprint density at radius 3 is 2.71 bits per heavy atom. The summed E-state index contributed by atoms with van der Waals surface area (Å²) < 4.78 is 5.32. The minimum absolute atomic E-state index is 0.0528. The highest BCUT2D eigenvalue weighted by Crippen LogP contribution is 2.16. The van der Waals surface area contributed by atoms with Gasteiger partial charge in [-0.25, -0.2) is 0 Å². The maximum absolute atomic E-state index is 13.0. The van der Waals surface area contributed by atoms with Gasteiger partial charge in [-0.3, -0.25) is 14.4 Å². The Kier molecular flexibility index (Phi) is 10.8. The third-order valence-electron chi connectivity index (χ3n) is 5.22. The number of aliphatic hydroxyl groups excluding tert-OH is 1. The lowest BCUT2D eigenvalue weighted by Crippen LogP contribution is -2.40. The number of allylic oxidation sites excluding steroid dienone is 2. The van der Waals surface area contributed by atoms with Crippen molar-refractivity contribution < 1.29 is 24.2 Å². The predicted molar refractivity (Wildman–Crippen MR) is 118 cm³/mol. The summed E-state index contributed by atoms with van der Waals surface area (Å²) in [5.41, 5.74) is 0.968. The number of nitrogens with one attached hydrogen (secondary N) is 1. The number of aliphatic hydroxyl groups is 1. The van der Waals surface area contributed by atoms with E-state index >= 15 is 0 Å². The Bertz CT molecular complexity index is 735. The van der Waals surface area contributed by atoms with Crippen LogP contribution in [0.2, 0.25) is 0 Å². The fourth-order valence-electron chi connectivity index (χ4n) is 3.46. The second-order valence-electron chi connectivity index (χ2n) is 7.92. The van der Waals surface area contributed by atoms with Gasteiger partial charge in [0.2, 0.25) is 11.8 Å². The van der Waals surface area contributed by atoms with E-state index < -0.39 is 12.0 Å². The van der Waals surface area contributed by atoms with E-state index in [-0.39, 0.29) is 43.9 Å². The highest BCUT2D eigenvalue weighted by Gasteiger charge is 2.25. The Morgan fingerprint density at radius 2 is 1.97 bits per heavy atom. The van der Waals surface area contributed by atoms with Crippen LogP contribution in [0.1, 0.15) is 51.0 Å². The zero-order valence-electron chi connectivity index (χ0n) is 18.3. The second-order valence-corrected chi connectivity index (χ2v) is 7.92. The van der Waals surface area contributed by atoms with Gasteiger partial charge in [-0.05, 0) is 38.2 Å². The minimum Gasteiger partial charge on any atom is -0.461 e. The largest absolute Gasteiger partial charge is 0.461 e. The average molecular weight is 431 g/mol. The maximum atomic E-state index is 13.0. The molecule has 0 spiro atoms. The number of hydrogen-bond acceptors (Lipinski definition) is 5. The molecule has 7 nitrogen and oxygen atoms in total. The molecule has 1 aromatic carbocycles. The third-order valence-corrected chi connectivity index (χ3v) is 5.22. The number of benzene rings is 1. The van der Waals surface area contributed by atoms with Crippen LogP contribution in [0.5, 0.6) is 0 Å². The molecule has 31 heavy (non-hydrogen) atoms. The van der Waals surface area contributed by atoms with Crippen molar-refractivity contribution in [1.82, 2.24) is 10.2 Å². The van der Waals surface area contributed by atoms with Gasteiger partial charge in [0.05, 0.1) is 19.1 Å². The lowest BCUT2D eigenvalue weighted by Gasteiger charge is -2.25. The van der Waals surface area contributed by atoms with Gasteiger partial charge in [0.25, 0.3) is 0 Å². The molecule has 1 aliphatic heterocycles. The molecule has 0 saturated heterocycles. The van der Waals surface area contributed by atoms with Gasteiger partial charge >= 0.3 is 5.97 Å². The fraction of sp³-hybridized carbons (Fsp3) is 0.542. The van der Waals surface area contributed by atoms with E-state index in [1.165, 1.54) is 0 Å². The van der Waals surface area contributed by atoms with Gasteiger partial charge in [-0.15, -0.1) is 0 Å². The number of amides is 2. The van der Waals surface area contributed by atoms with Crippen molar-refractivity contribution in [2.75, 3.05) is 19.7 Å². The molecule has 1 aromatic rings. The predicted octanol–water partition coefficient (Wildman–Crippen LogP) is 2.58. The number of ether oxygens (including phenoxy) is 1. The first-order valence-electron chi connectivity index (χ1n) is 11.0. The zero-order chi connectivity index (χ0) is 22.5. The van der Waals surface area contributed by atoms with Crippen molar-refractivity contribution in [3.05, 3.63) is 48.0 Å². The van der Waals surface area contributed by atoms with Gasteiger partial charge < -0.3 is 20.1 Å². The summed E-state index contributed by atoms with van der Waals surface area (Å²) in [7, 11) is 0. The van der Waals surface area contributed by atoms with Gasteiger partial charge in [-0.1, -0.05) is 42.5 Å². The van der Waals surface area contributed by atoms with E-state index in [4.69, 9.17) is 4.74 Å². The molecule has 0 aliphatic carbocycles. The van der Waals surface area contributed by atoms with Crippen LogP contribution in [0.3, 0.4) is 0 Å². The Labute approximate surface area is 184 Å². The SMILES string of the molecule is CC1CNC(=O)C(CC(=O)N(CCO)Cc2ccccc2)CC=CCCCCC(=O)O1. The first-order valence-corrected chi connectivity index (χ1v) is 11.0. The molecule has 0 radical (unpaired) electrons. The summed E-state index contributed by atoms with van der Waals surface area (Å²) >= 11 is 0. The highest BCUT2D eigenvalue weighted by molar-refractivity contribution is 5.86. The summed E-state index contributed by atoms with van der Waals surface area (Å²) in [6.45, 7) is 2.41. The first-order chi connectivity index (χ1) is 15.0. The highest BCUT2D eigenvalue weighted by atomic mass is 16.5. The quantitative estimate of drug-likeness (QED) is 0.534. The molecule has 1 aliphatic rings. The standard InChI is InChI=1S/C24H34N2O5/c1-19-17-25-24(30)21(12-8-3-2-4-9-13-23(29)31-19)16-22(28)26(14-15-27)18-20-10-6-5-7-11-20/h3,5-8,10-11,19,21,27H,2,4,9,12-18H2,1H3,(H,25,30). The number of carbonyl (C=O) groups excluding carboxylic acids is 3. The summed E-state index contributed by atoms with van der Waals surface area (Å²) in [4.78, 5) is 39.2. The minimum atomic E-state index is -0.522. The molecule has 0 fully saturated rings. The smallest absolute Gasteiger partial charge is 0.306 e. The summed E-state index contributed by atoms with van der Waals surface area (Å²) in [5.74, 6) is -1.18. The molecule has 0 bridgehead atoms. The van der Waals surface area contributed by atoms with Crippen LogP contribution >= 0.6 is 0 Å². The van der Waals surface area contributed by atoms with E-state index in [0.29, 0.717) is 19.4 Å². The topological polar surface area (TPSA) is 95.9 Å². The molecular formula is C24H34N2O5. The molecular weight excluding hydrogens is 396 g/mol. The Hall–Kier alpha value is -2.67. The van der Waals surface area contributed by atoms with E-state index in [1.54, 1.807) is 11.8 Å². The van der Waals surface area contributed by atoms with Crippen molar-refractivity contribution >= 4 is 17.8 Å². The summed E-state index contributed by atoms with van der Waals surface area (Å²) in [5, 5.41) is 12.2. The summed E-state index contributed by atoms with van der Waals surface area (Å²) in [6.07, 6.45) is 6.87. The first kappa shape index (κ1) is 24.6. The fourth-order valence-corrected chi connectivity index (χ4v) is 3.46. The van der Waals surface area contributed by atoms with Gasteiger partial charge in [0, 0.05) is 25.9 Å². The molecule has 0 saturated carbocycles. The van der Waals surface area contributed by atoms with E-state index in [2.05, 4.69) is 5.32 Å². The second kappa shape index (κ2) is 13.6. The van der Waals surface area contributed by atoms with Crippen molar-refractivity contribution in [2.45, 2.75) is 58.1 Å². The average Bonchev–Trinajstić information content (AvgIpc) is 2.75. The molecule has 1 heterocycles. The van der Waals surface area contributed by atoms with E-state index in [1.807, 2.05) is 42.5 Å². The number of nitrogens with zero attached hydrogens (tertiary/aromatic N) is 1. The van der Waals surface area contributed by atoms with Gasteiger partial charge in [-0.2, -0.15) is 0 Å². The molecule has 2 atom stereocenters. The van der Waals surface area contributed by atoms with E-state index in [0.717, 1.165) is 24.8 Å². The van der Waals surface area contributed by atoms with Crippen molar-refractivity contribution in [3.8, 4) is 0 Å². The monoisotopic (exact) mass is 430 g/mol. The van der Waals surface area contributed by atoms with Crippen LogP contribution in [-0.4, -0.2) is 53.6 Å². The van der Waals surface area contributed by atoms with Crippen LogP contribution in [0.15, 0.2) is 42.5 Å². The molecule has 2 rings (SSSR count). The summed E-state index contributed by atoms with van der Waals surface area (Å²) in [6, 6.07) is 9.57. The molecule has 7 heteroatoms. The normalized spacial score (nSPS) is 21.0. The van der Waals surface area contributed by atoms with Crippen LogP contribution in [0.25, 0.3) is 0 Å². The lowest BCUT2D eigenvalue weighted by molar-refractivity contribution is -0.148. The molecule has 2 amide bonds. The van der Waals surface area contributed by atoms with Crippen LogP contribution in [0, 0.1) is 5.92 Å². The van der Waals surface area contributed by atoms with Gasteiger partial charge in [0.1, 0.15) is 6.10 Å². The van der Waals surface area contributed by atoms with Crippen LogP contribution in [0.4, 0.5) is 0 Å². The van der Waals surface area contributed by atoms with Crippen LogP contribution in [-0.2, 0) is 25.7 Å². The lowest BCUT2D eigenvalue weighted by atomic mass is 9.98. The van der Waals surface area contributed by atoms with E-state index in [9.17, 15) is 19.5 Å². The number of cyclic esters (lactones) is 1.